The molecule has 0 aromatic heterocycles. The Morgan fingerprint density at radius 3 is 2.50 bits per heavy atom. The average molecular weight is 172 g/mol. The molecule has 0 bridgehead atoms. The molecule has 0 aromatic rings. The molecule has 1 aliphatic carbocycles. The zero-order valence-corrected chi connectivity index (χ0v) is 8.52. The molecule has 1 saturated carbocycles. The van der Waals surface area contributed by atoms with Gasteiger partial charge in [-0.3, -0.25) is 4.39 Å². The van der Waals surface area contributed by atoms with Crippen molar-refractivity contribution in [3.8, 4) is 0 Å². The fourth-order valence-electron chi connectivity index (χ4n) is 2.64. The van der Waals surface area contributed by atoms with E-state index in [1.54, 1.807) is 0 Å². The van der Waals surface area contributed by atoms with Gasteiger partial charge in [0.15, 0.2) is 0 Å². The molecule has 1 rings (SSSR count). The van der Waals surface area contributed by atoms with Gasteiger partial charge in [0.1, 0.15) is 0 Å². The largest absolute Gasteiger partial charge is 0.251 e. The maximum absolute atomic E-state index is 12.4. The van der Waals surface area contributed by atoms with Crippen LogP contribution in [0.2, 0.25) is 0 Å². The molecule has 0 heterocycles. The van der Waals surface area contributed by atoms with Crippen LogP contribution in [0.5, 0.6) is 0 Å². The maximum atomic E-state index is 12.4. The van der Waals surface area contributed by atoms with Gasteiger partial charge in [0.05, 0.1) is 6.67 Å². The van der Waals surface area contributed by atoms with Gasteiger partial charge in [0, 0.05) is 0 Å². The number of alkyl halides is 1. The molecule has 0 amide bonds. The summed E-state index contributed by atoms with van der Waals surface area (Å²) >= 11 is 0. The minimum Gasteiger partial charge on any atom is -0.251 e. The van der Waals surface area contributed by atoms with Crippen molar-refractivity contribution >= 4 is 0 Å². The molecule has 0 N–H and O–H groups in total. The molecular formula is C11H21F. The zero-order valence-electron chi connectivity index (χ0n) is 8.52. The van der Waals surface area contributed by atoms with E-state index in [1.807, 2.05) is 0 Å². The third kappa shape index (κ3) is 1.99. The normalized spacial score (nSPS) is 38.5. The van der Waals surface area contributed by atoms with Gasteiger partial charge in [0.2, 0.25) is 0 Å². The Hall–Kier alpha value is -0.0700. The molecule has 0 saturated heterocycles. The quantitative estimate of drug-likeness (QED) is 0.609. The third-order valence-electron chi connectivity index (χ3n) is 3.63. The zero-order chi connectivity index (χ0) is 9.14. The number of rotatable bonds is 3. The van der Waals surface area contributed by atoms with Gasteiger partial charge in [-0.2, -0.15) is 0 Å². The van der Waals surface area contributed by atoms with Crippen LogP contribution < -0.4 is 0 Å². The Morgan fingerprint density at radius 2 is 2.08 bits per heavy atom. The molecule has 4 atom stereocenters. The first-order chi connectivity index (χ1) is 5.69. The maximum Gasteiger partial charge on any atom is 0.0922 e. The second-order valence-corrected chi connectivity index (χ2v) is 4.52. The summed E-state index contributed by atoms with van der Waals surface area (Å²) in [6.07, 6.45) is 3.49. The first-order valence-corrected chi connectivity index (χ1v) is 5.25. The molecule has 1 fully saturated rings. The fraction of sp³-hybridized carbons (Fsp3) is 1.00. The predicted octanol–water partition coefficient (Wildman–Crippen LogP) is 3.66. The SMILES string of the molecule is CCC(C)C1CC(CF)CC1C. The Balaban J connectivity index is 2.45. The van der Waals surface area contributed by atoms with Crippen LogP contribution in [0.1, 0.15) is 40.0 Å². The summed E-state index contributed by atoms with van der Waals surface area (Å²) in [5.41, 5.74) is 0. The highest BCUT2D eigenvalue weighted by Gasteiger charge is 2.33. The Kier molecular flexibility index (Phi) is 3.54. The molecule has 0 radical (unpaired) electrons. The lowest BCUT2D eigenvalue weighted by Gasteiger charge is -2.21. The Labute approximate surface area is 75.5 Å². The van der Waals surface area contributed by atoms with Crippen LogP contribution >= 0.6 is 0 Å². The van der Waals surface area contributed by atoms with Crippen molar-refractivity contribution in [1.29, 1.82) is 0 Å². The second-order valence-electron chi connectivity index (χ2n) is 4.52. The third-order valence-corrected chi connectivity index (χ3v) is 3.63. The summed E-state index contributed by atoms with van der Waals surface area (Å²) in [5.74, 6) is 2.70. The van der Waals surface area contributed by atoms with E-state index in [2.05, 4.69) is 20.8 Å². The highest BCUT2D eigenvalue weighted by molar-refractivity contribution is 4.83. The molecule has 0 spiro atoms. The van der Waals surface area contributed by atoms with Crippen LogP contribution in [-0.4, -0.2) is 6.67 Å². The van der Waals surface area contributed by atoms with E-state index >= 15 is 0 Å². The average Bonchev–Trinajstić information content (AvgIpc) is 2.45. The van der Waals surface area contributed by atoms with Gasteiger partial charge in [-0.1, -0.05) is 27.2 Å². The first-order valence-electron chi connectivity index (χ1n) is 5.25. The Morgan fingerprint density at radius 1 is 1.42 bits per heavy atom. The second kappa shape index (κ2) is 4.25. The van der Waals surface area contributed by atoms with Gasteiger partial charge >= 0.3 is 0 Å². The van der Waals surface area contributed by atoms with E-state index in [0.29, 0.717) is 5.92 Å². The van der Waals surface area contributed by atoms with Crippen molar-refractivity contribution < 1.29 is 4.39 Å². The molecule has 0 aliphatic heterocycles. The van der Waals surface area contributed by atoms with Crippen LogP contribution in [-0.2, 0) is 0 Å². The summed E-state index contributed by atoms with van der Waals surface area (Å²) in [7, 11) is 0. The van der Waals surface area contributed by atoms with Crippen LogP contribution in [0, 0.1) is 23.7 Å². The number of halogens is 1. The minimum absolute atomic E-state index is 0.0999. The van der Waals surface area contributed by atoms with Crippen LogP contribution in [0.25, 0.3) is 0 Å². The van der Waals surface area contributed by atoms with Gasteiger partial charge in [0.25, 0.3) is 0 Å². The highest BCUT2D eigenvalue weighted by Crippen LogP contribution is 2.41. The van der Waals surface area contributed by atoms with Crippen LogP contribution in [0.4, 0.5) is 4.39 Å². The summed E-state index contributed by atoms with van der Waals surface area (Å²) in [5, 5.41) is 0. The molecule has 72 valence electrons. The lowest BCUT2D eigenvalue weighted by Crippen LogP contribution is -2.13. The molecule has 0 aromatic carbocycles. The number of hydrogen-bond acceptors (Lipinski definition) is 0. The van der Waals surface area contributed by atoms with Gasteiger partial charge < -0.3 is 0 Å². The monoisotopic (exact) mass is 172 g/mol. The topological polar surface area (TPSA) is 0 Å². The van der Waals surface area contributed by atoms with E-state index in [9.17, 15) is 4.39 Å². The van der Waals surface area contributed by atoms with Gasteiger partial charge in [-0.15, -0.1) is 0 Å². The molecule has 4 unspecified atom stereocenters. The standard InChI is InChI=1S/C11H21F/c1-4-8(2)11-6-10(7-12)5-9(11)3/h8-11H,4-7H2,1-3H3. The van der Waals surface area contributed by atoms with Gasteiger partial charge in [-0.05, 0) is 36.5 Å². The van der Waals surface area contributed by atoms with E-state index in [1.165, 1.54) is 6.42 Å². The summed E-state index contributed by atoms with van der Waals surface area (Å²) < 4.78 is 12.4. The molecular weight excluding hydrogens is 151 g/mol. The van der Waals surface area contributed by atoms with Crippen LogP contribution in [0.3, 0.4) is 0 Å². The lowest BCUT2D eigenvalue weighted by atomic mass is 9.84. The number of hydrogen-bond donors (Lipinski definition) is 0. The summed E-state index contributed by atoms with van der Waals surface area (Å²) in [4.78, 5) is 0. The van der Waals surface area contributed by atoms with Crippen molar-refractivity contribution in [1.82, 2.24) is 0 Å². The van der Waals surface area contributed by atoms with Crippen molar-refractivity contribution in [2.75, 3.05) is 6.67 Å². The van der Waals surface area contributed by atoms with Gasteiger partial charge in [-0.25, -0.2) is 0 Å². The molecule has 0 nitrogen and oxygen atoms in total. The lowest BCUT2D eigenvalue weighted by molar-refractivity contribution is 0.281. The first kappa shape index (κ1) is 10.0. The van der Waals surface area contributed by atoms with Crippen LogP contribution in [0.15, 0.2) is 0 Å². The van der Waals surface area contributed by atoms with E-state index < -0.39 is 0 Å². The predicted molar refractivity (Wildman–Crippen MR) is 50.8 cm³/mol. The molecule has 1 heteroatoms. The minimum atomic E-state index is -0.0999. The smallest absolute Gasteiger partial charge is 0.0922 e. The fourth-order valence-corrected chi connectivity index (χ4v) is 2.64. The van der Waals surface area contributed by atoms with Crippen molar-refractivity contribution in [3.63, 3.8) is 0 Å². The van der Waals surface area contributed by atoms with E-state index in [4.69, 9.17) is 0 Å². The Bertz CT molecular complexity index is 133. The van der Waals surface area contributed by atoms with Crippen molar-refractivity contribution in [3.05, 3.63) is 0 Å². The summed E-state index contributed by atoms with van der Waals surface area (Å²) in [6, 6.07) is 0. The van der Waals surface area contributed by atoms with Crippen molar-refractivity contribution in [2.24, 2.45) is 23.7 Å². The molecule has 1 aliphatic rings. The highest BCUT2D eigenvalue weighted by atomic mass is 19.1. The van der Waals surface area contributed by atoms with E-state index in [-0.39, 0.29) is 6.67 Å². The molecule has 12 heavy (non-hydrogen) atoms. The summed E-state index contributed by atoms with van der Waals surface area (Å²) in [6.45, 7) is 6.73. The van der Waals surface area contributed by atoms with E-state index in [0.717, 1.165) is 30.6 Å². The van der Waals surface area contributed by atoms with Crippen molar-refractivity contribution in [2.45, 2.75) is 40.0 Å².